The van der Waals surface area contributed by atoms with Gasteiger partial charge in [0, 0.05) is 5.56 Å². The molecule has 11 heteroatoms. The molecule has 3 aromatic rings. The van der Waals surface area contributed by atoms with Crippen LogP contribution >= 0.6 is 22.9 Å². The number of amides is 1. The van der Waals surface area contributed by atoms with Crippen molar-refractivity contribution in [3.05, 3.63) is 34.5 Å². The lowest BCUT2D eigenvalue weighted by atomic mass is 10.1. The van der Waals surface area contributed by atoms with Crippen molar-refractivity contribution in [3.8, 4) is 27.0 Å². The minimum absolute atomic E-state index is 0.176. The maximum absolute atomic E-state index is 11.2. The number of aromatic carboxylic acids is 1. The number of ether oxygens (including phenoxy) is 1. The second kappa shape index (κ2) is 7.68. The zero-order chi connectivity index (χ0) is 19.6. The van der Waals surface area contributed by atoms with Gasteiger partial charge in [0.25, 0.3) is 0 Å². The molecule has 1 amide bonds. The number of aryl methyl sites for hydroxylation is 1. The van der Waals surface area contributed by atoms with Crippen LogP contribution in [0.3, 0.4) is 0 Å². The lowest BCUT2D eigenvalue weighted by molar-refractivity contribution is 0.0693. The summed E-state index contributed by atoms with van der Waals surface area (Å²) in [5.41, 5.74) is 1.12. The second-order valence-electron chi connectivity index (χ2n) is 5.33. The Morgan fingerprint density at radius 1 is 1.30 bits per heavy atom. The summed E-state index contributed by atoms with van der Waals surface area (Å²) in [6.07, 6.45) is -0.539. The number of methoxy groups -OCH3 is 1. The number of phenols is 1. The molecule has 0 saturated heterocycles. The van der Waals surface area contributed by atoms with E-state index < -0.39 is 12.1 Å². The van der Waals surface area contributed by atoms with Crippen molar-refractivity contribution in [2.24, 2.45) is 0 Å². The molecular formula is C16H14N4O5S2. The number of thiazole rings is 1. The van der Waals surface area contributed by atoms with Gasteiger partial charge in [-0.05, 0) is 30.6 Å². The van der Waals surface area contributed by atoms with Gasteiger partial charge in [0.15, 0.2) is 5.82 Å². The molecule has 0 atom stereocenters. The molecule has 0 aliphatic rings. The molecule has 3 rings (SSSR count). The normalized spacial score (nSPS) is 10.6. The zero-order valence-corrected chi connectivity index (χ0v) is 15.8. The van der Waals surface area contributed by atoms with E-state index in [4.69, 9.17) is 5.11 Å². The molecule has 1 aromatic carbocycles. The number of alkyl carbamates (subject to hydrolysis) is 1. The van der Waals surface area contributed by atoms with E-state index in [1.54, 1.807) is 6.07 Å². The van der Waals surface area contributed by atoms with Crippen LogP contribution in [0.15, 0.2) is 18.2 Å². The lowest BCUT2D eigenvalue weighted by Gasteiger charge is -2.01. The van der Waals surface area contributed by atoms with E-state index in [-0.39, 0.29) is 17.9 Å². The minimum atomic E-state index is -1.20. The van der Waals surface area contributed by atoms with Crippen LogP contribution in [0.4, 0.5) is 4.79 Å². The molecule has 140 valence electrons. The third kappa shape index (κ3) is 4.04. The number of aromatic nitrogens is 3. The van der Waals surface area contributed by atoms with Gasteiger partial charge >= 0.3 is 12.1 Å². The van der Waals surface area contributed by atoms with Crippen molar-refractivity contribution in [1.82, 2.24) is 19.7 Å². The Labute approximate surface area is 161 Å². The van der Waals surface area contributed by atoms with Crippen LogP contribution < -0.4 is 5.32 Å². The first-order valence-corrected chi connectivity index (χ1v) is 9.17. The third-order valence-electron chi connectivity index (χ3n) is 3.51. The monoisotopic (exact) mass is 406 g/mol. The van der Waals surface area contributed by atoms with Crippen LogP contribution in [0.1, 0.15) is 21.1 Å². The fourth-order valence-electron chi connectivity index (χ4n) is 2.23. The van der Waals surface area contributed by atoms with Crippen LogP contribution in [-0.2, 0) is 11.3 Å². The Morgan fingerprint density at radius 3 is 2.74 bits per heavy atom. The number of carbonyl (C=O) groups excluding carboxylic acids is 1. The smallest absolute Gasteiger partial charge is 0.407 e. The van der Waals surface area contributed by atoms with Gasteiger partial charge in [-0.1, -0.05) is 6.07 Å². The van der Waals surface area contributed by atoms with Gasteiger partial charge in [0.05, 0.1) is 24.2 Å². The molecule has 3 N–H and O–H groups in total. The maximum atomic E-state index is 11.2. The van der Waals surface area contributed by atoms with Crippen LogP contribution in [-0.4, -0.2) is 43.7 Å². The summed E-state index contributed by atoms with van der Waals surface area (Å²) in [7, 11) is 1.29. The Balaban J connectivity index is 1.84. The zero-order valence-electron chi connectivity index (χ0n) is 14.2. The fourth-order valence-corrected chi connectivity index (χ4v) is 3.89. The summed E-state index contributed by atoms with van der Waals surface area (Å²) in [5.74, 6) is -1.05. The van der Waals surface area contributed by atoms with E-state index in [0.29, 0.717) is 21.4 Å². The molecule has 9 nitrogen and oxygen atoms in total. The predicted octanol–water partition coefficient (Wildman–Crippen LogP) is 2.90. The lowest BCUT2D eigenvalue weighted by Crippen LogP contribution is -2.22. The number of aromatic hydroxyl groups is 1. The van der Waals surface area contributed by atoms with E-state index in [2.05, 4.69) is 24.4 Å². The number of carbonyl (C=O) groups is 2. The summed E-state index contributed by atoms with van der Waals surface area (Å²) in [6, 6.07) is 4.24. The molecule has 0 radical (unpaired) electrons. The average Bonchev–Trinajstić information content (AvgIpc) is 3.25. The van der Waals surface area contributed by atoms with Crippen LogP contribution in [0.2, 0.25) is 0 Å². The highest BCUT2D eigenvalue weighted by atomic mass is 32.1. The minimum Gasteiger partial charge on any atom is -0.507 e. The summed E-state index contributed by atoms with van der Waals surface area (Å²) >= 11 is 2.49. The first-order chi connectivity index (χ1) is 12.9. The number of hydrogen-bond acceptors (Lipinski definition) is 9. The van der Waals surface area contributed by atoms with Gasteiger partial charge in [-0.3, -0.25) is 0 Å². The van der Waals surface area contributed by atoms with Crippen molar-refractivity contribution in [2.45, 2.75) is 13.5 Å². The van der Waals surface area contributed by atoms with Gasteiger partial charge in [-0.2, -0.15) is 4.37 Å². The molecule has 0 bridgehead atoms. The van der Waals surface area contributed by atoms with Crippen LogP contribution in [0.25, 0.3) is 21.3 Å². The third-order valence-corrected chi connectivity index (χ3v) is 5.43. The van der Waals surface area contributed by atoms with Crippen molar-refractivity contribution in [3.63, 3.8) is 0 Å². The van der Waals surface area contributed by atoms with Gasteiger partial charge < -0.3 is 20.3 Å². The van der Waals surface area contributed by atoms with E-state index in [1.165, 1.54) is 30.6 Å². The summed E-state index contributed by atoms with van der Waals surface area (Å²) in [6.45, 7) is 2.06. The standard InChI is InChI=1S/C16H14N4O5S2/c1-7-12(26-11(18-7)6-17-16(24)25-2)13-19-14(27-20-13)8-3-4-9(15(22)23)10(21)5-8/h3-5,21H,6H2,1-2H3,(H,17,24)(H,22,23). The first kappa shape index (κ1) is 18.7. The summed E-state index contributed by atoms with van der Waals surface area (Å²) in [5, 5.41) is 22.6. The number of benzene rings is 1. The topological polar surface area (TPSA) is 135 Å². The Hall–Kier alpha value is -3.05. The highest BCUT2D eigenvalue weighted by molar-refractivity contribution is 7.15. The Morgan fingerprint density at radius 2 is 2.07 bits per heavy atom. The molecule has 2 aromatic heterocycles. The molecule has 0 aliphatic carbocycles. The van der Waals surface area contributed by atoms with Crippen LogP contribution in [0, 0.1) is 6.92 Å². The number of carboxylic acid groups (broad SMARTS) is 1. The van der Waals surface area contributed by atoms with E-state index in [1.807, 2.05) is 6.92 Å². The fraction of sp³-hybridized carbons (Fsp3) is 0.188. The Kier molecular flexibility index (Phi) is 5.33. The predicted molar refractivity (Wildman–Crippen MR) is 99.1 cm³/mol. The highest BCUT2D eigenvalue weighted by Crippen LogP contribution is 2.33. The van der Waals surface area contributed by atoms with Gasteiger partial charge in [0.1, 0.15) is 21.3 Å². The average molecular weight is 406 g/mol. The maximum Gasteiger partial charge on any atom is 0.407 e. The summed E-state index contributed by atoms with van der Waals surface area (Å²) in [4.78, 5) is 31.8. The molecule has 0 unspecified atom stereocenters. The summed E-state index contributed by atoms with van der Waals surface area (Å²) < 4.78 is 8.85. The second-order valence-corrected chi connectivity index (χ2v) is 7.16. The number of rotatable bonds is 5. The SMILES string of the molecule is COC(=O)NCc1nc(C)c(-c2nsc(-c3ccc(C(=O)O)c(O)c3)n2)s1. The van der Waals surface area contributed by atoms with E-state index in [0.717, 1.165) is 22.1 Å². The number of nitrogens with zero attached hydrogens (tertiary/aromatic N) is 3. The number of hydrogen-bond donors (Lipinski definition) is 3. The molecule has 0 fully saturated rings. The highest BCUT2D eigenvalue weighted by Gasteiger charge is 2.17. The van der Waals surface area contributed by atoms with Crippen molar-refractivity contribution in [1.29, 1.82) is 0 Å². The number of nitrogens with one attached hydrogen (secondary N) is 1. The Bertz CT molecular complexity index is 1010. The van der Waals surface area contributed by atoms with Crippen molar-refractivity contribution < 1.29 is 24.5 Å². The molecule has 0 spiro atoms. The van der Waals surface area contributed by atoms with Crippen molar-refractivity contribution >= 4 is 34.9 Å². The number of carboxylic acids is 1. The molecule has 0 aliphatic heterocycles. The van der Waals surface area contributed by atoms with Gasteiger partial charge in [-0.25, -0.2) is 19.6 Å². The largest absolute Gasteiger partial charge is 0.507 e. The van der Waals surface area contributed by atoms with Gasteiger partial charge in [0.2, 0.25) is 0 Å². The first-order valence-electron chi connectivity index (χ1n) is 7.58. The van der Waals surface area contributed by atoms with E-state index in [9.17, 15) is 14.7 Å². The quantitative estimate of drug-likeness (QED) is 0.589. The van der Waals surface area contributed by atoms with Crippen molar-refractivity contribution in [2.75, 3.05) is 7.11 Å². The molecule has 27 heavy (non-hydrogen) atoms. The van der Waals surface area contributed by atoms with E-state index >= 15 is 0 Å². The van der Waals surface area contributed by atoms with Gasteiger partial charge in [-0.15, -0.1) is 11.3 Å². The molecule has 2 heterocycles. The molecule has 0 saturated carbocycles. The molecular weight excluding hydrogens is 392 g/mol. The van der Waals surface area contributed by atoms with Crippen LogP contribution in [0.5, 0.6) is 5.75 Å².